The number of carbonyl (C=O) groups is 1. The highest BCUT2D eigenvalue weighted by atomic mass is 32.2. The van der Waals surface area contributed by atoms with Crippen molar-refractivity contribution >= 4 is 15.9 Å². The highest BCUT2D eigenvalue weighted by Gasteiger charge is 2.31. The number of hydrogen-bond acceptors (Lipinski definition) is 3. The molecule has 1 saturated heterocycles. The van der Waals surface area contributed by atoms with E-state index in [2.05, 4.69) is 0 Å². The van der Waals surface area contributed by atoms with Crippen LogP contribution in [0, 0.1) is 5.82 Å². The van der Waals surface area contributed by atoms with Crippen LogP contribution in [0.2, 0.25) is 0 Å². The maximum atomic E-state index is 13.8. The molecule has 150 valence electrons. The summed E-state index contributed by atoms with van der Waals surface area (Å²) in [5, 5.41) is 0. The molecule has 0 radical (unpaired) electrons. The Morgan fingerprint density at radius 3 is 2.46 bits per heavy atom. The van der Waals surface area contributed by atoms with Gasteiger partial charge in [-0.05, 0) is 50.1 Å². The number of carbonyl (C=O) groups excluding carboxylic acids is 1. The quantitative estimate of drug-likeness (QED) is 0.764. The van der Waals surface area contributed by atoms with Gasteiger partial charge in [-0.25, -0.2) is 12.8 Å². The summed E-state index contributed by atoms with van der Waals surface area (Å²) in [7, 11) is -1.98. The average Bonchev–Trinajstić information content (AvgIpc) is 2.69. The molecule has 5 nitrogen and oxygen atoms in total. The first kappa shape index (κ1) is 20.5. The topological polar surface area (TPSA) is 57.7 Å². The van der Waals surface area contributed by atoms with Crippen molar-refractivity contribution in [2.45, 2.75) is 43.7 Å². The lowest BCUT2D eigenvalue weighted by Gasteiger charge is -2.32. The van der Waals surface area contributed by atoms with E-state index in [0.717, 1.165) is 19.3 Å². The zero-order valence-electron chi connectivity index (χ0n) is 16.1. The van der Waals surface area contributed by atoms with E-state index >= 15 is 0 Å². The third kappa shape index (κ3) is 4.25. The zero-order valence-corrected chi connectivity index (χ0v) is 17.0. The van der Waals surface area contributed by atoms with Crippen LogP contribution in [0.25, 0.3) is 0 Å². The predicted octanol–water partition coefficient (Wildman–Crippen LogP) is 3.66. The molecular weight excluding hydrogens is 379 g/mol. The predicted molar refractivity (Wildman–Crippen MR) is 106 cm³/mol. The molecule has 2 aromatic rings. The van der Waals surface area contributed by atoms with Gasteiger partial charge in [-0.2, -0.15) is 4.31 Å². The second-order valence-electron chi connectivity index (χ2n) is 7.24. The van der Waals surface area contributed by atoms with E-state index in [1.54, 1.807) is 25.2 Å². The molecule has 0 spiro atoms. The smallest absolute Gasteiger partial charge is 0.253 e. The van der Waals surface area contributed by atoms with Crippen LogP contribution in [0.3, 0.4) is 0 Å². The van der Waals surface area contributed by atoms with Crippen molar-refractivity contribution in [3.63, 3.8) is 0 Å². The van der Waals surface area contributed by atoms with Crippen molar-refractivity contribution in [3.05, 3.63) is 65.5 Å². The highest BCUT2D eigenvalue weighted by Crippen LogP contribution is 2.25. The second kappa shape index (κ2) is 8.41. The Bertz CT molecular complexity index is 944. The maximum absolute atomic E-state index is 13.8. The van der Waals surface area contributed by atoms with Crippen LogP contribution in [0.1, 0.15) is 42.1 Å². The monoisotopic (exact) mass is 404 g/mol. The molecule has 0 aromatic heterocycles. The fourth-order valence-corrected chi connectivity index (χ4v) is 5.21. The van der Waals surface area contributed by atoms with Crippen molar-refractivity contribution in [2.24, 2.45) is 0 Å². The Balaban J connectivity index is 1.74. The van der Waals surface area contributed by atoms with Gasteiger partial charge in [0.25, 0.3) is 5.91 Å². The van der Waals surface area contributed by atoms with E-state index in [-0.39, 0.29) is 29.2 Å². The molecule has 1 amide bonds. The molecule has 0 unspecified atom stereocenters. The SMILES string of the molecule is C[C@H]1CCCCN1S(=O)(=O)c1ccc(C(=O)N(C)Cc2ccccc2F)cc1. The number of piperidine rings is 1. The number of nitrogens with zero attached hydrogens (tertiary/aromatic N) is 2. The van der Waals surface area contributed by atoms with Crippen LogP contribution < -0.4 is 0 Å². The molecule has 3 rings (SSSR count). The average molecular weight is 405 g/mol. The highest BCUT2D eigenvalue weighted by molar-refractivity contribution is 7.89. The lowest BCUT2D eigenvalue weighted by molar-refractivity contribution is 0.0783. The molecule has 1 heterocycles. The number of sulfonamides is 1. The molecule has 28 heavy (non-hydrogen) atoms. The standard InChI is InChI=1S/C21H25FN2O3S/c1-16-7-5-6-14-24(16)28(26,27)19-12-10-17(11-13-19)21(25)23(2)15-18-8-3-4-9-20(18)22/h3-4,8-13,16H,5-7,14-15H2,1-2H3/t16-/m0/s1. The normalized spacial score (nSPS) is 18.0. The summed E-state index contributed by atoms with van der Waals surface area (Å²) in [4.78, 5) is 14.2. The summed E-state index contributed by atoms with van der Waals surface area (Å²) < 4.78 is 41.1. The summed E-state index contributed by atoms with van der Waals surface area (Å²) in [5.74, 6) is -0.655. The van der Waals surface area contributed by atoms with Gasteiger partial charge in [-0.15, -0.1) is 0 Å². The third-order valence-corrected chi connectivity index (χ3v) is 7.19. The van der Waals surface area contributed by atoms with Gasteiger partial charge in [-0.3, -0.25) is 4.79 Å². The lowest BCUT2D eigenvalue weighted by Crippen LogP contribution is -2.41. The fourth-order valence-electron chi connectivity index (χ4n) is 3.51. The molecule has 1 aliphatic heterocycles. The summed E-state index contributed by atoms with van der Waals surface area (Å²) in [5.41, 5.74) is 0.793. The summed E-state index contributed by atoms with van der Waals surface area (Å²) in [6.45, 7) is 2.58. The summed E-state index contributed by atoms with van der Waals surface area (Å²) >= 11 is 0. The van der Waals surface area contributed by atoms with Gasteiger partial charge < -0.3 is 4.90 Å². The van der Waals surface area contributed by atoms with Crippen LogP contribution in [0.15, 0.2) is 53.4 Å². The molecule has 1 fully saturated rings. The van der Waals surface area contributed by atoms with E-state index in [0.29, 0.717) is 17.7 Å². The van der Waals surface area contributed by atoms with Gasteiger partial charge in [0.05, 0.1) is 4.90 Å². The van der Waals surface area contributed by atoms with Crippen LogP contribution in [0.4, 0.5) is 4.39 Å². The van der Waals surface area contributed by atoms with Crippen LogP contribution in [-0.2, 0) is 16.6 Å². The van der Waals surface area contributed by atoms with Crippen LogP contribution in [-0.4, -0.2) is 43.2 Å². The van der Waals surface area contributed by atoms with E-state index in [4.69, 9.17) is 0 Å². The van der Waals surface area contributed by atoms with Crippen LogP contribution in [0.5, 0.6) is 0 Å². The minimum atomic E-state index is -3.57. The van der Waals surface area contributed by atoms with Gasteiger partial charge in [0.2, 0.25) is 10.0 Å². The molecule has 1 atom stereocenters. The van der Waals surface area contributed by atoms with Gasteiger partial charge in [0, 0.05) is 37.3 Å². The van der Waals surface area contributed by atoms with Crippen molar-refractivity contribution in [1.82, 2.24) is 9.21 Å². The molecule has 1 aliphatic rings. The van der Waals surface area contributed by atoms with E-state index in [1.165, 1.54) is 39.5 Å². The molecule has 2 aromatic carbocycles. The Morgan fingerprint density at radius 1 is 1.14 bits per heavy atom. The Labute approximate surface area is 165 Å². The van der Waals surface area contributed by atoms with Gasteiger partial charge in [-0.1, -0.05) is 24.6 Å². The van der Waals surface area contributed by atoms with Gasteiger partial charge >= 0.3 is 0 Å². The minimum Gasteiger partial charge on any atom is -0.337 e. The molecule has 0 bridgehead atoms. The van der Waals surface area contributed by atoms with Crippen molar-refractivity contribution in [3.8, 4) is 0 Å². The van der Waals surface area contributed by atoms with E-state index in [9.17, 15) is 17.6 Å². The summed E-state index contributed by atoms with van der Waals surface area (Å²) in [6.07, 6.45) is 2.76. The first-order valence-electron chi connectivity index (χ1n) is 9.41. The Hall–Kier alpha value is -2.25. The first-order chi connectivity index (χ1) is 13.3. The molecular formula is C21H25FN2O3S. The van der Waals surface area contributed by atoms with Gasteiger partial charge in [0.1, 0.15) is 5.82 Å². The maximum Gasteiger partial charge on any atom is 0.253 e. The number of halogens is 1. The first-order valence-corrected chi connectivity index (χ1v) is 10.9. The summed E-state index contributed by atoms with van der Waals surface area (Å²) in [6, 6.07) is 12.3. The Kier molecular flexibility index (Phi) is 6.15. The van der Waals surface area contributed by atoms with Crippen molar-refractivity contribution in [2.75, 3.05) is 13.6 Å². The van der Waals surface area contributed by atoms with E-state index in [1.807, 2.05) is 6.92 Å². The molecule has 7 heteroatoms. The largest absolute Gasteiger partial charge is 0.337 e. The van der Waals surface area contributed by atoms with Gasteiger partial charge in [0.15, 0.2) is 0 Å². The third-order valence-electron chi connectivity index (χ3n) is 5.16. The fraction of sp³-hybridized carbons (Fsp3) is 0.381. The lowest BCUT2D eigenvalue weighted by atomic mass is 10.1. The minimum absolute atomic E-state index is 0.0213. The molecule has 0 saturated carbocycles. The Morgan fingerprint density at radius 2 is 1.82 bits per heavy atom. The number of hydrogen-bond donors (Lipinski definition) is 0. The van der Waals surface area contributed by atoms with Crippen molar-refractivity contribution in [1.29, 1.82) is 0 Å². The number of benzene rings is 2. The zero-order chi connectivity index (χ0) is 20.3. The van der Waals surface area contributed by atoms with E-state index < -0.39 is 10.0 Å². The number of rotatable bonds is 5. The second-order valence-corrected chi connectivity index (χ2v) is 9.13. The van der Waals surface area contributed by atoms with Crippen LogP contribution >= 0.6 is 0 Å². The van der Waals surface area contributed by atoms with Crippen molar-refractivity contribution < 1.29 is 17.6 Å². The molecule has 0 N–H and O–H groups in total. The number of amides is 1. The molecule has 0 aliphatic carbocycles.